The van der Waals surface area contributed by atoms with Crippen molar-refractivity contribution in [3.8, 4) is 0 Å². The molecule has 102 valence electrons. The molecule has 0 aliphatic carbocycles. The van der Waals surface area contributed by atoms with Crippen LogP contribution in [0.1, 0.15) is 30.1 Å². The molecule has 19 heavy (non-hydrogen) atoms. The lowest BCUT2D eigenvalue weighted by Crippen LogP contribution is -2.31. The van der Waals surface area contributed by atoms with Gasteiger partial charge in [0.1, 0.15) is 11.5 Å². The number of hydrogen-bond donors (Lipinski definition) is 0. The van der Waals surface area contributed by atoms with Crippen LogP contribution in [0, 0.1) is 0 Å². The largest absolute Gasteiger partial charge is 0.467 e. The number of carbonyl (C=O) groups excluding carboxylic acids is 1. The molecule has 0 aliphatic heterocycles. The Morgan fingerprint density at radius 3 is 2.84 bits per heavy atom. The minimum Gasteiger partial charge on any atom is -0.467 e. The number of aryl methyl sites for hydroxylation is 1. The molecule has 0 fully saturated rings. The summed E-state index contributed by atoms with van der Waals surface area (Å²) in [5.41, 5.74) is 0.697. The Hall–Kier alpha value is -1.49. The fourth-order valence-corrected chi connectivity index (χ4v) is 2.46. The van der Waals surface area contributed by atoms with Gasteiger partial charge in [0.2, 0.25) is 0 Å². The maximum absolute atomic E-state index is 12.5. The lowest BCUT2D eigenvalue weighted by atomic mass is 10.3. The predicted molar refractivity (Wildman–Crippen MR) is 76.9 cm³/mol. The molecular formula is C14H17BrN2O2. The Labute approximate surface area is 121 Å². The van der Waals surface area contributed by atoms with Gasteiger partial charge in [0, 0.05) is 23.8 Å². The van der Waals surface area contributed by atoms with Crippen LogP contribution in [0.2, 0.25) is 0 Å². The predicted octanol–water partition coefficient (Wildman–Crippen LogP) is 3.53. The third-order valence-corrected chi connectivity index (χ3v) is 3.45. The van der Waals surface area contributed by atoms with E-state index in [1.165, 1.54) is 0 Å². The van der Waals surface area contributed by atoms with Crippen molar-refractivity contribution in [3.05, 3.63) is 46.6 Å². The molecule has 4 nitrogen and oxygen atoms in total. The van der Waals surface area contributed by atoms with Gasteiger partial charge >= 0.3 is 0 Å². The lowest BCUT2D eigenvalue weighted by Gasteiger charge is -2.20. The minimum absolute atomic E-state index is 0.0199. The van der Waals surface area contributed by atoms with E-state index in [-0.39, 0.29) is 5.91 Å². The monoisotopic (exact) mass is 324 g/mol. The van der Waals surface area contributed by atoms with Crippen molar-refractivity contribution in [1.29, 1.82) is 0 Å². The molecule has 0 atom stereocenters. The van der Waals surface area contributed by atoms with Crippen molar-refractivity contribution in [2.24, 2.45) is 0 Å². The molecule has 2 aromatic heterocycles. The summed E-state index contributed by atoms with van der Waals surface area (Å²) < 4.78 is 8.17. The highest BCUT2D eigenvalue weighted by atomic mass is 79.9. The maximum atomic E-state index is 12.5. The van der Waals surface area contributed by atoms with Crippen molar-refractivity contribution < 1.29 is 9.21 Å². The average molecular weight is 325 g/mol. The Balaban J connectivity index is 2.20. The summed E-state index contributed by atoms with van der Waals surface area (Å²) in [6, 6.07) is 5.57. The summed E-state index contributed by atoms with van der Waals surface area (Å²) >= 11 is 3.41. The van der Waals surface area contributed by atoms with E-state index in [4.69, 9.17) is 4.42 Å². The summed E-state index contributed by atoms with van der Waals surface area (Å²) in [6.45, 7) is 5.90. The SMILES string of the molecule is CCN(Cc1ccco1)C(=O)c1cc(Br)cn1CC. The molecule has 1 amide bonds. The number of carbonyl (C=O) groups is 1. The number of rotatable bonds is 5. The molecule has 2 aromatic rings. The van der Waals surface area contributed by atoms with Gasteiger partial charge in [-0.05, 0) is 48.0 Å². The standard InChI is InChI=1S/C14H17BrN2O2/c1-3-16-9-11(15)8-13(16)14(18)17(4-2)10-12-6-5-7-19-12/h5-9H,3-4,10H2,1-2H3. The normalized spacial score (nSPS) is 10.7. The molecule has 0 spiro atoms. The topological polar surface area (TPSA) is 38.4 Å². The molecule has 0 unspecified atom stereocenters. The van der Waals surface area contributed by atoms with Gasteiger partial charge in [0.25, 0.3) is 5.91 Å². The van der Waals surface area contributed by atoms with Crippen LogP contribution in [0.4, 0.5) is 0 Å². The molecule has 0 saturated heterocycles. The molecule has 2 rings (SSSR count). The molecular weight excluding hydrogens is 308 g/mol. The first-order valence-corrected chi connectivity index (χ1v) is 7.12. The fourth-order valence-electron chi connectivity index (χ4n) is 2.00. The summed E-state index contributed by atoms with van der Waals surface area (Å²) in [6.07, 6.45) is 3.55. The smallest absolute Gasteiger partial charge is 0.270 e. The number of aromatic nitrogens is 1. The van der Waals surface area contributed by atoms with E-state index in [9.17, 15) is 4.79 Å². The average Bonchev–Trinajstić information content (AvgIpc) is 3.04. The first-order valence-electron chi connectivity index (χ1n) is 6.33. The summed E-state index contributed by atoms with van der Waals surface area (Å²) in [7, 11) is 0. The zero-order chi connectivity index (χ0) is 13.8. The van der Waals surface area contributed by atoms with E-state index >= 15 is 0 Å². The van der Waals surface area contributed by atoms with Gasteiger partial charge in [0.05, 0.1) is 12.8 Å². The van der Waals surface area contributed by atoms with E-state index in [1.807, 2.05) is 42.8 Å². The number of hydrogen-bond acceptors (Lipinski definition) is 2. The first kappa shape index (κ1) is 13.9. The lowest BCUT2D eigenvalue weighted by molar-refractivity contribution is 0.0730. The van der Waals surface area contributed by atoms with E-state index in [1.54, 1.807) is 11.2 Å². The molecule has 0 bridgehead atoms. The van der Waals surface area contributed by atoms with Crippen molar-refractivity contribution in [2.45, 2.75) is 26.9 Å². The third-order valence-electron chi connectivity index (χ3n) is 3.02. The van der Waals surface area contributed by atoms with Crippen molar-refractivity contribution in [2.75, 3.05) is 6.54 Å². The van der Waals surface area contributed by atoms with Gasteiger partial charge < -0.3 is 13.9 Å². The summed E-state index contributed by atoms with van der Waals surface area (Å²) in [5.74, 6) is 0.815. The van der Waals surface area contributed by atoms with Gasteiger partial charge in [-0.3, -0.25) is 4.79 Å². The summed E-state index contributed by atoms with van der Waals surface area (Å²) in [5, 5.41) is 0. The molecule has 0 radical (unpaired) electrons. The van der Waals surface area contributed by atoms with E-state index < -0.39 is 0 Å². The minimum atomic E-state index is 0.0199. The van der Waals surface area contributed by atoms with Crippen molar-refractivity contribution >= 4 is 21.8 Å². The van der Waals surface area contributed by atoms with Crippen LogP contribution >= 0.6 is 15.9 Å². The van der Waals surface area contributed by atoms with Gasteiger partial charge in [-0.1, -0.05) is 0 Å². The quantitative estimate of drug-likeness (QED) is 0.843. The second-order valence-corrected chi connectivity index (χ2v) is 5.14. The molecule has 0 aliphatic rings. The first-order chi connectivity index (χ1) is 9.15. The highest BCUT2D eigenvalue weighted by molar-refractivity contribution is 9.10. The molecule has 5 heteroatoms. The van der Waals surface area contributed by atoms with Gasteiger partial charge in [-0.15, -0.1) is 0 Å². The van der Waals surface area contributed by atoms with Gasteiger partial charge in [0.15, 0.2) is 0 Å². The van der Waals surface area contributed by atoms with Crippen LogP contribution in [0.3, 0.4) is 0 Å². The van der Waals surface area contributed by atoms with Crippen LogP contribution in [-0.2, 0) is 13.1 Å². The third kappa shape index (κ3) is 3.10. The zero-order valence-electron chi connectivity index (χ0n) is 11.1. The molecule has 0 saturated carbocycles. The van der Waals surface area contributed by atoms with Crippen molar-refractivity contribution in [3.63, 3.8) is 0 Å². The zero-order valence-corrected chi connectivity index (χ0v) is 12.7. The van der Waals surface area contributed by atoms with E-state index in [2.05, 4.69) is 15.9 Å². The number of halogens is 1. The summed E-state index contributed by atoms with van der Waals surface area (Å²) in [4.78, 5) is 14.3. The van der Waals surface area contributed by atoms with E-state index in [0.29, 0.717) is 18.8 Å². The Morgan fingerprint density at radius 2 is 2.26 bits per heavy atom. The Bertz CT molecular complexity index is 546. The highest BCUT2D eigenvalue weighted by Gasteiger charge is 2.19. The van der Waals surface area contributed by atoms with Crippen molar-refractivity contribution in [1.82, 2.24) is 9.47 Å². The second kappa shape index (κ2) is 6.10. The van der Waals surface area contributed by atoms with Gasteiger partial charge in [-0.2, -0.15) is 0 Å². The maximum Gasteiger partial charge on any atom is 0.270 e. The number of amides is 1. The van der Waals surface area contributed by atoms with Crippen LogP contribution in [0.25, 0.3) is 0 Å². The van der Waals surface area contributed by atoms with Crippen LogP contribution in [0.15, 0.2) is 39.5 Å². The van der Waals surface area contributed by atoms with Crippen LogP contribution in [-0.4, -0.2) is 21.9 Å². The number of nitrogens with zero attached hydrogens (tertiary/aromatic N) is 2. The van der Waals surface area contributed by atoms with E-state index in [0.717, 1.165) is 16.8 Å². The number of furan rings is 1. The molecule has 2 heterocycles. The van der Waals surface area contributed by atoms with Crippen LogP contribution in [0.5, 0.6) is 0 Å². The van der Waals surface area contributed by atoms with Gasteiger partial charge in [-0.25, -0.2) is 0 Å². The highest BCUT2D eigenvalue weighted by Crippen LogP contribution is 2.18. The molecule has 0 N–H and O–H groups in total. The Morgan fingerprint density at radius 1 is 1.47 bits per heavy atom. The molecule has 0 aromatic carbocycles. The second-order valence-electron chi connectivity index (χ2n) is 4.23. The van der Waals surface area contributed by atoms with Crippen LogP contribution < -0.4 is 0 Å². The fraction of sp³-hybridized carbons (Fsp3) is 0.357. The Kier molecular flexibility index (Phi) is 4.47.